The summed E-state index contributed by atoms with van der Waals surface area (Å²) < 4.78 is 54.1. The summed E-state index contributed by atoms with van der Waals surface area (Å²) in [5, 5.41) is 0. The number of hydrogen-bond donors (Lipinski definition) is 0. The van der Waals surface area contributed by atoms with E-state index in [0.29, 0.717) is 0 Å². The molecule has 0 radical (unpaired) electrons. The van der Waals surface area contributed by atoms with Crippen LogP contribution in [0.4, 0.5) is 8.78 Å². The van der Waals surface area contributed by atoms with E-state index in [4.69, 9.17) is 13.6 Å². The zero-order valence-corrected chi connectivity index (χ0v) is 12.6. The molecule has 114 valence electrons. The molecule has 1 aromatic rings. The van der Waals surface area contributed by atoms with Crippen molar-refractivity contribution in [3.8, 4) is 0 Å². The van der Waals surface area contributed by atoms with Gasteiger partial charge in [-0.25, -0.2) is 13.3 Å². The second-order valence-electron chi connectivity index (χ2n) is 4.15. The number of rotatable bonds is 8. The normalized spacial score (nSPS) is 15.3. The molecular weight excluding hydrogens is 289 g/mol. The lowest BCUT2D eigenvalue weighted by atomic mass is 9.97. The molecule has 0 N–H and O–H groups in total. The Kier molecular flexibility index (Phi) is 6.27. The van der Waals surface area contributed by atoms with E-state index in [9.17, 15) is 13.3 Å². The van der Waals surface area contributed by atoms with E-state index in [2.05, 4.69) is 0 Å². The number of alkyl halides is 2. The number of benzene rings is 1. The van der Waals surface area contributed by atoms with E-state index in [0.717, 1.165) is 6.92 Å². The Hall–Kier alpha value is -0.810. The van der Waals surface area contributed by atoms with Gasteiger partial charge in [-0.05, 0) is 26.3 Å². The second-order valence-corrected chi connectivity index (χ2v) is 5.74. The van der Waals surface area contributed by atoms with E-state index in [1.165, 1.54) is 12.1 Å². The topological polar surface area (TPSA) is 44.8 Å². The van der Waals surface area contributed by atoms with E-state index in [1.807, 2.05) is 0 Å². The van der Waals surface area contributed by atoms with Crippen LogP contribution in [0.25, 0.3) is 0 Å². The van der Waals surface area contributed by atoms with Crippen LogP contribution >= 0.6 is 7.82 Å². The number of phosphoric ester groups is 1. The zero-order valence-electron chi connectivity index (χ0n) is 11.7. The van der Waals surface area contributed by atoms with E-state index >= 15 is 0 Å². The summed E-state index contributed by atoms with van der Waals surface area (Å²) in [5.74, 6) is 0. The molecule has 0 heterocycles. The Morgan fingerprint density at radius 3 is 2.05 bits per heavy atom. The third-order valence-corrected chi connectivity index (χ3v) is 4.39. The largest absolute Gasteiger partial charge is 0.475 e. The van der Waals surface area contributed by atoms with Crippen LogP contribution in [0.15, 0.2) is 30.3 Å². The molecule has 0 aliphatic heterocycles. The predicted molar refractivity (Wildman–Crippen MR) is 71.7 cm³/mol. The fourth-order valence-corrected chi connectivity index (χ4v) is 3.09. The van der Waals surface area contributed by atoms with Crippen LogP contribution < -0.4 is 0 Å². The van der Waals surface area contributed by atoms with Gasteiger partial charge in [0.05, 0.1) is 13.2 Å². The highest BCUT2D eigenvalue weighted by molar-refractivity contribution is 7.48. The van der Waals surface area contributed by atoms with Gasteiger partial charge in [-0.15, -0.1) is 0 Å². The Morgan fingerprint density at radius 2 is 1.65 bits per heavy atom. The molecule has 1 aromatic carbocycles. The number of phosphoric acid groups is 1. The molecule has 0 bridgehead atoms. The Morgan fingerprint density at radius 1 is 1.15 bits per heavy atom. The fraction of sp³-hybridized carbons (Fsp3) is 0.538. The van der Waals surface area contributed by atoms with Crippen molar-refractivity contribution in [1.29, 1.82) is 0 Å². The maximum absolute atomic E-state index is 13.4. The first-order chi connectivity index (χ1) is 9.38. The minimum absolute atomic E-state index is 0.0331. The van der Waals surface area contributed by atoms with Crippen molar-refractivity contribution in [1.82, 2.24) is 0 Å². The van der Waals surface area contributed by atoms with Crippen molar-refractivity contribution in [2.75, 3.05) is 13.2 Å². The molecule has 1 atom stereocenters. The maximum atomic E-state index is 13.4. The minimum atomic E-state index is -4.04. The molecular formula is C13H19F2O4P. The molecule has 0 saturated heterocycles. The highest BCUT2D eigenvalue weighted by atomic mass is 31.2. The maximum Gasteiger partial charge on any atom is 0.475 e. The molecule has 0 spiro atoms. The van der Waals surface area contributed by atoms with Crippen molar-refractivity contribution in [3.05, 3.63) is 35.9 Å². The van der Waals surface area contributed by atoms with Crippen molar-refractivity contribution < 1.29 is 26.9 Å². The van der Waals surface area contributed by atoms with Gasteiger partial charge in [-0.3, -0.25) is 13.6 Å². The molecule has 1 rings (SSSR count). The molecule has 0 unspecified atom stereocenters. The molecule has 7 heteroatoms. The van der Waals surface area contributed by atoms with Gasteiger partial charge in [-0.2, -0.15) is 0 Å². The van der Waals surface area contributed by atoms with Crippen LogP contribution in [0.5, 0.6) is 0 Å². The molecule has 0 amide bonds. The third kappa shape index (κ3) is 4.09. The van der Waals surface area contributed by atoms with E-state index < -0.39 is 19.8 Å². The summed E-state index contributed by atoms with van der Waals surface area (Å²) in [6.07, 6.45) is -2.89. The number of hydrogen-bond acceptors (Lipinski definition) is 4. The minimum Gasteiger partial charge on any atom is -0.287 e. The summed E-state index contributed by atoms with van der Waals surface area (Å²) >= 11 is 0. The first kappa shape index (κ1) is 17.2. The lowest BCUT2D eigenvalue weighted by molar-refractivity contribution is -0.0893. The van der Waals surface area contributed by atoms with Crippen molar-refractivity contribution in [2.45, 2.75) is 32.8 Å². The highest BCUT2D eigenvalue weighted by Crippen LogP contribution is 2.56. The Balaban J connectivity index is 3.11. The second kappa shape index (κ2) is 7.27. The molecule has 0 aliphatic rings. The van der Waals surface area contributed by atoms with Gasteiger partial charge in [0.2, 0.25) is 0 Å². The lowest BCUT2D eigenvalue weighted by Crippen LogP contribution is -2.33. The van der Waals surface area contributed by atoms with Gasteiger partial charge in [0, 0.05) is 0 Å². The average Bonchev–Trinajstić information content (AvgIpc) is 2.39. The summed E-state index contributed by atoms with van der Waals surface area (Å²) in [6.45, 7) is 4.39. The molecule has 0 aromatic heterocycles. The van der Waals surface area contributed by atoms with Gasteiger partial charge in [0.15, 0.2) is 5.60 Å². The SMILES string of the molecule is CCOP(=O)(OCC)O[C@@](C)(c1ccccc1)C(F)F. The first-order valence-corrected chi connectivity index (χ1v) is 7.77. The van der Waals surface area contributed by atoms with Crippen molar-refractivity contribution >= 4 is 7.82 Å². The van der Waals surface area contributed by atoms with Gasteiger partial charge >= 0.3 is 7.82 Å². The van der Waals surface area contributed by atoms with Gasteiger partial charge in [-0.1, -0.05) is 30.3 Å². The Labute approximate surface area is 117 Å². The van der Waals surface area contributed by atoms with E-state index in [1.54, 1.807) is 32.0 Å². The monoisotopic (exact) mass is 308 g/mol. The Bertz CT molecular complexity index is 445. The molecule has 0 saturated carbocycles. The van der Waals surface area contributed by atoms with Gasteiger partial charge in [0.1, 0.15) is 0 Å². The third-order valence-electron chi connectivity index (χ3n) is 2.64. The van der Waals surface area contributed by atoms with Crippen molar-refractivity contribution in [3.63, 3.8) is 0 Å². The standard InChI is InChI=1S/C13H19F2O4P/c1-4-17-20(16,18-5-2)19-13(3,12(14)15)11-9-7-6-8-10-11/h6-10,12H,4-5H2,1-3H3/t13-/m0/s1. The van der Waals surface area contributed by atoms with Gasteiger partial charge in [0.25, 0.3) is 6.43 Å². The predicted octanol–water partition coefficient (Wildman–Crippen LogP) is 4.36. The lowest BCUT2D eigenvalue weighted by Gasteiger charge is -2.32. The fourth-order valence-electron chi connectivity index (χ4n) is 1.63. The van der Waals surface area contributed by atoms with Crippen LogP contribution in [-0.4, -0.2) is 19.6 Å². The number of halogens is 2. The molecule has 20 heavy (non-hydrogen) atoms. The summed E-state index contributed by atoms with van der Waals surface area (Å²) in [4.78, 5) is 0. The molecule has 0 aliphatic carbocycles. The van der Waals surface area contributed by atoms with E-state index in [-0.39, 0.29) is 18.8 Å². The van der Waals surface area contributed by atoms with Gasteiger partial charge < -0.3 is 0 Å². The first-order valence-electron chi connectivity index (χ1n) is 6.31. The molecule has 0 fully saturated rings. The molecule has 4 nitrogen and oxygen atoms in total. The summed E-state index contributed by atoms with van der Waals surface area (Å²) in [5.41, 5.74) is -1.86. The summed E-state index contributed by atoms with van der Waals surface area (Å²) in [7, 11) is -4.04. The smallest absolute Gasteiger partial charge is 0.287 e. The zero-order chi connectivity index (χ0) is 15.2. The quantitative estimate of drug-likeness (QED) is 0.669. The summed E-state index contributed by atoms with van der Waals surface area (Å²) in [6, 6.07) is 7.86. The van der Waals surface area contributed by atoms with Crippen LogP contribution in [0, 0.1) is 0 Å². The van der Waals surface area contributed by atoms with Crippen LogP contribution in [-0.2, 0) is 23.7 Å². The van der Waals surface area contributed by atoms with Crippen molar-refractivity contribution in [2.24, 2.45) is 0 Å². The average molecular weight is 308 g/mol. The van der Waals surface area contributed by atoms with Crippen LogP contribution in [0.1, 0.15) is 26.3 Å². The van der Waals surface area contributed by atoms with Crippen LogP contribution in [0.2, 0.25) is 0 Å². The highest BCUT2D eigenvalue weighted by Gasteiger charge is 2.45. The van der Waals surface area contributed by atoms with Crippen LogP contribution in [0.3, 0.4) is 0 Å².